The number of ketones is 1. The van der Waals surface area contributed by atoms with E-state index in [9.17, 15) is 14.0 Å². The molecule has 1 aliphatic rings. The number of likely N-dealkylation sites (N-methyl/N-ethyl adjacent to an activating group) is 1. The van der Waals surface area contributed by atoms with Gasteiger partial charge in [0.1, 0.15) is 5.82 Å². The van der Waals surface area contributed by atoms with Crippen LogP contribution in [0.2, 0.25) is 0 Å². The van der Waals surface area contributed by atoms with Gasteiger partial charge in [0.2, 0.25) is 0 Å². The molecule has 170 valence electrons. The summed E-state index contributed by atoms with van der Waals surface area (Å²) in [6.45, 7) is 3.93. The second-order valence-electron chi connectivity index (χ2n) is 7.56. The van der Waals surface area contributed by atoms with Crippen LogP contribution < -0.4 is 19.7 Å². The van der Waals surface area contributed by atoms with Crippen LogP contribution in [0.25, 0.3) is 6.08 Å². The van der Waals surface area contributed by atoms with Crippen LogP contribution in [-0.4, -0.2) is 45.0 Å². The molecule has 0 atom stereocenters. The number of hydrogen-bond donors (Lipinski definition) is 1. The lowest BCUT2D eigenvalue weighted by atomic mass is 10.1. The van der Waals surface area contributed by atoms with Crippen molar-refractivity contribution >= 4 is 23.5 Å². The van der Waals surface area contributed by atoms with Crippen molar-refractivity contribution in [1.82, 2.24) is 5.32 Å². The van der Waals surface area contributed by atoms with Crippen molar-refractivity contribution in [3.8, 4) is 11.5 Å². The Morgan fingerprint density at radius 1 is 1.09 bits per heavy atom. The highest BCUT2D eigenvalue weighted by atomic mass is 19.1. The van der Waals surface area contributed by atoms with Gasteiger partial charge in [0.05, 0.1) is 12.8 Å². The van der Waals surface area contributed by atoms with Gasteiger partial charge < -0.3 is 19.7 Å². The average molecular weight is 441 g/mol. The summed E-state index contributed by atoms with van der Waals surface area (Å²) in [7, 11) is 1.50. The standard InChI is InChI=1S/C25H29FN2O4/c1-3-27-25(30)17-32-23-12-8-18(15-24(23)31-2)7-11-22(29)19-9-10-21(20(26)16-19)28-13-5-4-6-14-28/h7-12,15-16H,3-6,13-14,17H2,1-2H3,(H,27,30)/b11-7+. The van der Waals surface area contributed by atoms with Crippen molar-refractivity contribution in [2.75, 3.05) is 38.3 Å². The average Bonchev–Trinajstić information content (AvgIpc) is 2.82. The lowest BCUT2D eigenvalue weighted by Crippen LogP contribution is -2.30. The molecular weight excluding hydrogens is 411 g/mol. The van der Waals surface area contributed by atoms with Crippen LogP contribution in [0.3, 0.4) is 0 Å². The van der Waals surface area contributed by atoms with Gasteiger partial charge in [0.25, 0.3) is 5.91 Å². The quantitative estimate of drug-likeness (QED) is 0.467. The molecule has 1 heterocycles. The van der Waals surface area contributed by atoms with E-state index >= 15 is 0 Å². The van der Waals surface area contributed by atoms with E-state index in [0.29, 0.717) is 34.9 Å². The first-order valence-electron chi connectivity index (χ1n) is 10.9. The van der Waals surface area contributed by atoms with Gasteiger partial charge in [-0.25, -0.2) is 4.39 Å². The Balaban J connectivity index is 1.66. The van der Waals surface area contributed by atoms with Crippen molar-refractivity contribution in [3.63, 3.8) is 0 Å². The Kier molecular flexibility index (Phi) is 8.25. The van der Waals surface area contributed by atoms with Crippen LogP contribution in [0.15, 0.2) is 42.5 Å². The minimum Gasteiger partial charge on any atom is -0.493 e. The van der Waals surface area contributed by atoms with Crippen molar-refractivity contribution < 1.29 is 23.5 Å². The van der Waals surface area contributed by atoms with Crippen LogP contribution in [0.5, 0.6) is 11.5 Å². The Morgan fingerprint density at radius 2 is 1.88 bits per heavy atom. The molecular formula is C25H29FN2O4. The number of anilines is 1. The maximum atomic E-state index is 14.6. The monoisotopic (exact) mass is 440 g/mol. The number of hydrogen-bond acceptors (Lipinski definition) is 5. The molecule has 2 aromatic rings. The molecule has 1 aliphatic heterocycles. The first-order chi connectivity index (χ1) is 15.5. The van der Waals surface area contributed by atoms with Crippen LogP contribution in [0.1, 0.15) is 42.1 Å². The topological polar surface area (TPSA) is 67.9 Å². The highest BCUT2D eigenvalue weighted by Crippen LogP contribution is 2.29. The molecule has 1 saturated heterocycles. The molecule has 2 aromatic carbocycles. The fraction of sp³-hybridized carbons (Fsp3) is 0.360. The van der Waals surface area contributed by atoms with E-state index < -0.39 is 0 Å². The number of methoxy groups -OCH3 is 1. The molecule has 0 aliphatic carbocycles. The zero-order chi connectivity index (χ0) is 22.9. The van der Waals surface area contributed by atoms with E-state index in [2.05, 4.69) is 5.32 Å². The summed E-state index contributed by atoms with van der Waals surface area (Å²) in [4.78, 5) is 26.2. The number of nitrogens with one attached hydrogen (secondary N) is 1. The minimum absolute atomic E-state index is 0.114. The number of halogens is 1. The van der Waals surface area contributed by atoms with Crippen molar-refractivity contribution in [1.29, 1.82) is 0 Å². The molecule has 0 radical (unpaired) electrons. The number of nitrogens with zero attached hydrogens (tertiary/aromatic N) is 1. The van der Waals surface area contributed by atoms with E-state index in [-0.39, 0.29) is 24.1 Å². The molecule has 0 aromatic heterocycles. The first-order valence-corrected chi connectivity index (χ1v) is 10.9. The zero-order valence-corrected chi connectivity index (χ0v) is 18.5. The Bertz CT molecular complexity index is 984. The molecule has 32 heavy (non-hydrogen) atoms. The molecule has 1 amide bonds. The molecule has 1 N–H and O–H groups in total. The van der Waals surface area contributed by atoms with Gasteiger partial charge in [-0.1, -0.05) is 12.1 Å². The fourth-order valence-electron chi connectivity index (χ4n) is 3.62. The SMILES string of the molecule is CCNC(=O)COc1ccc(/C=C/C(=O)c2ccc(N3CCCCC3)c(F)c2)cc1OC. The van der Waals surface area contributed by atoms with Gasteiger partial charge in [0, 0.05) is 25.2 Å². The van der Waals surface area contributed by atoms with E-state index in [0.717, 1.165) is 25.9 Å². The lowest BCUT2D eigenvalue weighted by molar-refractivity contribution is -0.123. The summed E-state index contributed by atoms with van der Waals surface area (Å²) in [5.41, 5.74) is 1.57. The summed E-state index contributed by atoms with van der Waals surface area (Å²) in [5, 5.41) is 2.66. The second-order valence-corrected chi connectivity index (χ2v) is 7.56. The Labute approximate surface area is 188 Å². The largest absolute Gasteiger partial charge is 0.493 e. The molecule has 0 unspecified atom stereocenters. The summed E-state index contributed by atoms with van der Waals surface area (Å²) in [6, 6.07) is 9.78. The van der Waals surface area contributed by atoms with Crippen LogP contribution in [-0.2, 0) is 4.79 Å². The molecule has 3 rings (SSSR count). The number of amides is 1. The van der Waals surface area contributed by atoms with E-state index in [1.165, 1.54) is 25.7 Å². The highest BCUT2D eigenvalue weighted by molar-refractivity contribution is 6.07. The fourth-order valence-corrected chi connectivity index (χ4v) is 3.62. The molecule has 0 bridgehead atoms. The third-order valence-corrected chi connectivity index (χ3v) is 5.28. The number of piperidine rings is 1. The second kappa shape index (κ2) is 11.3. The van der Waals surface area contributed by atoms with Crippen molar-refractivity contribution in [2.24, 2.45) is 0 Å². The number of ether oxygens (including phenoxy) is 2. The Morgan fingerprint density at radius 3 is 2.56 bits per heavy atom. The van der Waals surface area contributed by atoms with Gasteiger partial charge >= 0.3 is 0 Å². The predicted octanol–water partition coefficient (Wildman–Crippen LogP) is 4.24. The van der Waals surface area contributed by atoms with E-state index in [1.54, 1.807) is 36.4 Å². The molecule has 7 heteroatoms. The minimum atomic E-state index is -0.374. The molecule has 6 nitrogen and oxygen atoms in total. The lowest BCUT2D eigenvalue weighted by Gasteiger charge is -2.29. The number of carbonyl (C=O) groups is 2. The van der Waals surface area contributed by atoms with Gasteiger partial charge in [-0.15, -0.1) is 0 Å². The van der Waals surface area contributed by atoms with Gasteiger partial charge in [-0.2, -0.15) is 0 Å². The number of benzene rings is 2. The van der Waals surface area contributed by atoms with Crippen molar-refractivity contribution in [3.05, 3.63) is 59.4 Å². The number of allylic oxidation sites excluding steroid dienone is 1. The van der Waals surface area contributed by atoms with E-state index in [4.69, 9.17) is 9.47 Å². The van der Waals surface area contributed by atoms with Crippen LogP contribution in [0.4, 0.5) is 10.1 Å². The maximum Gasteiger partial charge on any atom is 0.257 e. The van der Waals surface area contributed by atoms with E-state index in [1.807, 2.05) is 11.8 Å². The highest BCUT2D eigenvalue weighted by Gasteiger charge is 2.16. The summed E-state index contributed by atoms with van der Waals surface area (Å²) >= 11 is 0. The number of rotatable bonds is 9. The first kappa shape index (κ1) is 23.3. The third kappa shape index (κ3) is 6.09. The summed E-state index contributed by atoms with van der Waals surface area (Å²) in [5.74, 6) is -0.00727. The third-order valence-electron chi connectivity index (χ3n) is 5.28. The van der Waals surface area contributed by atoms with Gasteiger partial charge in [-0.05, 0) is 68.2 Å². The van der Waals surface area contributed by atoms with Gasteiger partial charge in [-0.3, -0.25) is 9.59 Å². The zero-order valence-electron chi connectivity index (χ0n) is 18.5. The summed E-state index contributed by atoms with van der Waals surface area (Å²) < 4.78 is 25.4. The maximum absolute atomic E-state index is 14.6. The summed E-state index contributed by atoms with van der Waals surface area (Å²) in [6.07, 6.45) is 6.32. The smallest absolute Gasteiger partial charge is 0.257 e. The normalized spacial score (nSPS) is 13.8. The molecule has 0 spiro atoms. The van der Waals surface area contributed by atoms with Crippen molar-refractivity contribution in [2.45, 2.75) is 26.2 Å². The van der Waals surface area contributed by atoms with Crippen LogP contribution in [0, 0.1) is 5.82 Å². The van der Waals surface area contributed by atoms with Crippen LogP contribution >= 0.6 is 0 Å². The van der Waals surface area contributed by atoms with Gasteiger partial charge in [0.15, 0.2) is 23.9 Å². The molecule has 1 fully saturated rings. The Hall–Kier alpha value is -3.35. The molecule has 0 saturated carbocycles. The predicted molar refractivity (Wildman–Crippen MR) is 123 cm³/mol. The number of carbonyl (C=O) groups excluding carboxylic acids is 2.